The molecular formula is C25H28ClN7O3. The van der Waals surface area contributed by atoms with Crippen molar-refractivity contribution in [3.8, 4) is 11.4 Å². The van der Waals surface area contributed by atoms with E-state index in [2.05, 4.69) is 32.5 Å². The van der Waals surface area contributed by atoms with E-state index in [0.29, 0.717) is 44.8 Å². The van der Waals surface area contributed by atoms with Crippen LogP contribution in [-0.2, 0) is 9.59 Å². The molecule has 2 amide bonds. The Morgan fingerprint density at radius 3 is 2.36 bits per heavy atom. The summed E-state index contributed by atoms with van der Waals surface area (Å²) in [5.41, 5.74) is 2.56. The maximum Gasteiger partial charge on any atom is 0.236 e. The summed E-state index contributed by atoms with van der Waals surface area (Å²) >= 11 is 5.92. The molecule has 2 aromatic carbocycles. The van der Waals surface area contributed by atoms with Crippen LogP contribution in [0.2, 0.25) is 5.02 Å². The fraction of sp³-hybridized carbons (Fsp3) is 0.360. The van der Waals surface area contributed by atoms with Gasteiger partial charge in [0.2, 0.25) is 11.8 Å². The molecular weight excluding hydrogens is 482 g/mol. The smallest absolute Gasteiger partial charge is 0.236 e. The zero-order chi connectivity index (χ0) is 25.1. The number of nitrogens with zero attached hydrogens (tertiary/aromatic N) is 6. The van der Waals surface area contributed by atoms with Gasteiger partial charge in [-0.05, 0) is 55.4 Å². The number of benzene rings is 2. The fourth-order valence-electron chi connectivity index (χ4n) is 4.67. The third-order valence-corrected chi connectivity index (χ3v) is 7.02. The van der Waals surface area contributed by atoms with Crippen molar-refractivity contribution in [1.82, 2.24) is 24.8 Å². The highest BCUT2D eigenvalue weighted by Crippen LogP contribution is 2.27. The molecule has 0 radical (unpaired) electrons. The molecule has 2 saturated heterocycles. The minimum atomic E-state index is -0.192. The second-order valence-corrected chi connectivity index (χ2v) is 9.49. The number of carbonyl (C=O) groups excluding carboxylic acids is 2. The third-order valence-electron chi connectivity index (χ3n) is 6.71. The van der Waals surface area contributed by atoms with E-state index in [1.807, 2.05) is 21.9 Å². The number of piperazine rings is 1. The highest BCUT2D eigenvalue weighted by atomic mass is 35.5. The van der Waals surface area contributed by atoms with Gasteiger partial charge in [0.25, 0.3) is 0 Å². The minimum absolute atomic E-state index is 0.0260. The van der Waals surface area contributed by atoms with Crippen LogP contribution < -0.4 is 10.2 Å². The molecule has 188 valence electrons. The summed E-state index contributed by atoms with van der Waals surface area (Å²) in [6.45, 7) is 4.44. The molecule has 2 fully saturated rings. The van der Waals surface area contributed by atoms with Crippen molar-refractivity contribution in [3.63, 3.8) is 0 Å². The summed E-state index contributed by atoms with van der Waals surface area (Å²) in [6.07, 6.45) is 3.99. The van der Waals surface area contributed by atoms with Crippen molar-refractivity contribution in [1.29, 1.82) is 0 Å². The average molecular weight is 510 g/mol. The van der Waals surface area contributed by atoms with Gasteiger partial charge in [-0.1, -0.05) is 11.6 Å². The molecule has 10 nitrogen and oxygen atoms in total. The Morgan fingerprint density at radius 1 is 0.972 bits per heavy atom. The van der Waals surface area contributed by atoms with Crippen LogP contribution in [0.5, 0.6) is 5.75 Å². The van der Waals surface area contributed by atoms with Gasteiger partial charge in [0.05, 0.1) is 35.6 Å². The summed E-state index contributed by atoms with van der Waals surface area (Å²) in [5, 5.41) is 20.9. The van der Waals surface area contributed by atoms with E-state index in [1.165, 1.54) is 12.1 Å². The fourth-order valence-corrected chi connectivity index (χ4v) is 4.85. The Labute approximate surface area is 214 Å². The average Bonchev–Trinajstić information content (AvgIpc) is 3.59. The number of rotatable bonds is 6. The molecule has 0 spiro atoms. The largest absolute Gasteiger partial charge is 0.506 e. The van der Waals surface area contributed by atoms with Crippen LogP contribution in [0.3, 0.4) is 0 Å². The predicted octanol–water partition coefficient (Wildman–Crippen LogP) is 2.24. The van der Waals surface area contributed by atoms with Crippen molar-refractivity contribution in [3.05, 3.63) is 59.9 Å². The number of phenols is 1. The number of amides is 2. The van der Waals surface area contributed by atoms with E-state index >= 15 is 0 Å². The lowest BCUT2D eigenvalue weighted by Gasteiger charge is -2.36. The molecule has 2 N–H and O–H groups in total. The molecule has 1 aromatic heterocycles. The number of phenolic OH excluding ortho intramolecular Hbond substituents is 1. The third kappa shape index (κ3) is 5.44. The Bertz CT molecular complexity index is 1210. The van der Waals surface area contributed by atoms with E-state index < -0.39 is 0 Å². The second-order valence-electron chi connectivity index (χ2n) is 9.08. The Hall–Kier alpha value is -3.63. The van der Waals surface area contributed by atoms with Crippen molar-refractivity contribution in [2.24, 2.45) is 5.92 Å². The van der Waals surface area contributed by atoms with E-state index in [0.717, 1.165) is 24.5 Å². The molecule has 36 heavy (non-hydrogen) atoms. The summed E-state index contributed by atoms with van der Waals surface area (Å²) in [6, 6.07) is 12.7. The highest BCUT2D eigenvalue weighted by molar-refractivity contribution is 6.32. The highest BCUT2D eigenvalue weighted by Gasteiger charge is 2.31. The molecule has 3 heterocycles. The van der Waals surface area contributed by atoms with Crippen molar-refractivity contribution in [2.75, 3.05) is 56.0 Å². The number of likely N-dealkylation sites (tertiary alicyclic amines) is 1. The molecule has 0 saturated carbocycles. The van der Waals surface area contributed by atoms with Crippen LogP contribution in [0.25, 0.3) is 5.69 Å². The van der Waals surface area contributed by atoms with Crippen LogP contribution in [0, 0.1) is 5.92 Å². The first-order valence-corrected chi connectivity index (χ1v) is 12.4. The molecule has 11 heteroatoms. The molecule has 1 atom stereocenters. The van der Waals surface area contributed by atoms with Gasteiger partial charge < -0.3 is 20.2 Å². The number of hydrogen-bond acceptors (Lipinski definition) is 7. The molecule has 5 rings (SSSR count). The topological polar surface area (TPSA) is 107 Å². The normalized spacial score (nSPS) is 18.4. The van der Waals surface area contributed by atoms with Gasteiger partial charge in [-0.25, -0.2) is 0 Å². The lowest BCUT2D eigenvalue weighted by atomic mass is 10.1. The van der Waals surface area contributed by atoms with Crippen molar-refractivity contribution >= 4 is 34.8 Å². The van der Waals surface area contributed by atoms with Gasteiger partial charge in [0.1, 0.15) is 5.75 Å². The second kappa shape index (κ2) is 10.5. The van der Waals surface area contributed by atoms with Gasteiger partial charge in [-0.15, -0.1) is 0 Å². The zero-order valence-corrected chi connectivity index (χ0v) is 20.5. The van der Waals surface area contributed by atoms with Crippen LogP contribution in [-0.4, -0.2) is 87.5 Å². The van der Waals surface area contributed by atoms with E-state index in [4.69, 9.17) is 11.6 Å². The number of anilines is 2. The SMILES string of the molecule is O=C(Nc1ccc(O)c(Cl)c1)[C@@H]1CCN(CC(=O)N2CCN(c3ccc(-n4nccn4)cc3)CC2)C1. The van der Waals surface area contributed by atoms with Crippen molar-refractivity contribution in [2.45, 2.75) is 6.42 Å². The Morgan fingerprint density at radius 2 is 1.67 bits per heavy atom. The number of hydrogen-bond donors (Lipinski definition) is 2. The lowest BCUT2D eigenvalue weighted by molar-refractivity contribution is -0.132. The summed E-state index contributed by atoms with van der Waals surface area (Å²) < 4.78 is 0. The van der Waals surface area contributed by atoms with Crippen LogP contribution >= 0.6 is 11.6 Å². The molecule has 2 aliphatic heterocycles. The van der Waals surface area contributed by atoms with E-state index in [9.17, 15) is 14.7 Å². The first kappa shape index (κ1) is 24.1. The van der Waals surface area contributed by atoms with Crippen LogP contribution in [0.4, 0.5) is 11.4 Å². The molecule has 2 aliphatic rings. The molecule has 0 bridgehead atoms. The van der Waals surface area contributed by atoms with Gasteiger partial charge in [-0.3, -0.25) is 14.5 Å². The van der Waals surface area contributed by atoms with Crippen LogP contribution in [0.1, 0.15) is 6.42 Å². The monoisotopic (exact) mass is 509 g/mol. The standard InChI is InChI=1S/C25H28ClN7O3/c26-22-15-19(1-6-23(22)34)29-25(36)18-7-10-30(16-18)17-24(35)32-13-11-31(12-14-32)20-2-4-21(5-3-20)33-27-8-9-28-33/h1-6,8-9,15,18,34H,7,10-14,16-17H2,(H,29,36)/t18-/m1/s1. The quantitative estimate of drug-likeness (QED) is 0.491. The summed E-state index contributed by atoms with van der Waals surface area (Å²) in [4.78, 5) is 33.4. The van der Waals surface area contributed by atoms with Gasteiger partial charge in [-0.2, -0.15) is 15.0 Å². The minimum Gasteiger partial charge on any atom is -0.506 e. The zero-order valence-electron chi connectivity index (χ0n) is 19.8. The summed E-state index contributed by atoms with van der Waals surface area (Å²) in [5.74, 6) is -0.222. The molecule has 0 aliphatic carbocycles. The number of carbonyl (C=O) groups is 2. The lowest BCUT2D eigenvalue weighted by Crippen LogP contribution is -2.51. The van der Waals surface area contributed by atoms with Gasteiger partial charge >= 0.3 is 0 Å². The number of aromatic nitrogens is 3. The molecule has 0 unspecified atom stereocenters. The maximum atomic E-state index is 12.9. The van der Waals surface area contributed by atoms with Crippen molar-refractivity contribution < 1.29 is 14.7 Å². The summed E-state index contributed by atoms with van der Waals surface area (Å²) in [7, 11) is 0. The first-order valence-electron chi connectivity index (χ1n) is 12.0. The first-order chi connectivity index (χ1) is 17.5. The van der Waals surface area contributed by atoms with Gasteiger partial charge in [0.15, 0.2) is 0 Å². The van der Waals surface area contributed by atoms with E-state index in [-0.39, 0.29) is 28.5 Å². The van der Waals surface area contributed by atoms with E-state index in [1.54, 1.807) is 23.3 Å². The predicted molar refractivity (Wildman–Crippen MR) is 136 cm³/mol. The molecule has 3 aromatic rings. The number of aromatic hydroxyl groups is 1. The Kier molecular flexibility index (Phi) is 7.06. The maximum absolute atomic E-state index is 12.9. The van der Waals surface area contributed by atoms with Gasteiger partial charge in [0, 0.05) is 44.1 Å². The Balaban J connectivity index is 1.07. The number of halogens is 1. The van der Waals surface area contributed by atoms with Crippen LogP contribution in [0.15, 0.2) is 54.9 Å². The number of nitrogens with one attached hydrogen (secondary N) is 1.